The summed E-state index contributed by atoms with van der Waals surface area (Å²) >= 11 is 0. The van der Waals surface area contributed by atoms with Gasteiger partial charge >= 0.3 is 0 Å². The van der Waals surface area contributed by atoms with Crippen molar-refractivity contribution in [2.75, 3.05) is 26.6 Å². The standard InChI is InChI=1S/C25H21F3N2O4/c1-30-23(14-6-4-5-7-17(14)27)22(24(31)29-19-9-8-13(26)10-18(19)28)15-11-20(33-2)21(34-3)12-16(15)25(30)32/h4-12,22-23H,1-3H3,(H,29,31)/t22-,23-/m1/s1. The van der Waals surface area contributed by atoms with Gasteiger partial charge in [-0.25, -0.2) is 13.2 Å². The summed E-state index contributed by atoms with van der Waals surface area (Å²) in [5.74, 6) is -4.17. The molecule has 0 unspecified atom stereocenters. The van der Waals surface area contributed by atoms with Crippen molar-refractivity contribution in [1.82, 2.24) is 4.90 Å². The molecule has 3 aromatic carbocycles. The second-order valence-corrected chi connectivity index (χ2v) is 7.77. The first-order chi connectivity index (χ1) is 16.3. The van der Waals surface area contributed by atoms with Gasteiger partial charge in [-0.3, -0.25) is 9.59 Å². The Labute approximate surface area is 193 Å². The smallest absolute Gasteiger partial charge is 0.254 e. The number of likely N-dealkylation sites (N-methyl/N-ethyl adjacent to an activating group) is 1. The first-order valence-corrected chi connectivity index (χ1v) is 10.3. The van der Waals surface area contributed by atoms with Crippen molar-refractivity contribution < 1.29 is 32.2 Å². The highest BCUT2D eigenvalue weighted by Gasteiger charge is 2.44. The molecular formula is C25H21F3N2O4. The van der Waals surface area contributed by atoms with Crippen LogP contribution >= 0.6 is 0 Å². The van der Waals surface area contributed by atoms with E-state index in [1.165, 1.54) is 56.5 Å². The molecule has 2 amide bonds. The summed E-state index contributed by atoms with van der Waals surface area (Å²) in [5.41, 5.74) is 0.278. The van der Waals surface area contributed by atoms with Gasteiger partial charge in [0.25, 0.3) is 5.91 Å². The number of carbonyl (C=O) groups excluding carboxylic acids is 2. The summed E-state index contributed by atoms with van der Waals surface area (Å²) in [6, 6.07) is 10.4. The number of methoxy groups -OCH3 is 2. The summed E-state index contributed by atoms with van der Waals surface area (Å²) < 4.78 is 53.2. The fourth-order valence-corrected chi connectivity index (χ4v) is 4.24. The first kappa shape index (κ1) is 23.2. The van der Waals surface area contributed by atoms with Gasteiger partial charge in [0.05, 0.1) is 31.9 Å². The van der Waals surface area contributed by atoms with Gasteiger partial charge in [0.15, 0.2) is 11.5 Å². The second-order valence-electron chi connectivity index (χ2n) is 7.77. The lowest BCUT2D eigenvalue weighted by atomic mass is 9.79. The molecule has 1 heterocycles. The van der Waals surface area contributed by atoms with Gasteiger partial charge in [-0.05, 0) is 35.9 Å². The maximum atomic E-state index is 14.9. The number of ether oxygens (including phenoxy) is 2. The van der Waals surface area contributed by atoms with E-state index in [0.717, 1.165) is 12.1 Å². The van der Waals surface area contributed by atoms with Gasteiger partial charge in [-0.1, -0.05) is 18.2 Å². The number of amides is 2. The third kappa shape index (κ3) is 3.93. The summed E-state index contributed by atoms with van der Waals surface area (Å²) in [6.07, 6.45) is 0. The van der Waals surface area contributed by atoms with Crippen molar-refractivity contribution in [3.8, 4) is 11.5 Å². The topological polar surface area (TPSA) is 67.9 Å². The van der Waals surface area contributed by atoms with Gasteiger partial charge in [-0.2, -0.15) is 0 Å². The minimum Gasteiger partial charge on any atom is -0.493 e. The Hall–Kier alpha value is -4.01. The van der Waals surface area contributed by atoms with E-state index in [1.54, 1.807) is 6.07 Å². The highest BCUT2D eigenvalue weighted by Crippen LogP contribution is 2.46. The summed E-state index contributed by atoms with van der Waals surface area (Å²) in [5, 5.41) is 2.46. The molecule has 4 rings (SSSR count). The van der Waals surface area contributed by atoms with E-state index < -0.39 is 41.2 Å². The third-order valence-corrected chi connectivity index (χ3v) is 5.87. The molecule has 3 aromatic rings. The van der Waals surface area contributed by atoms with E-state index in [2.05, 4.69) is 5.32 Å². The van der Waals surface area contributed by atoms with E-state index in [-0.39, 0.29) is 33.9 Å². The minimum absolute atomic E-state index is 0.110. The number of nitrogens with one attached hydrogen (secondary N) is 1. The molecule has 0 saturated heterocycles. The van der Waals surface area contributed by atoms with Crippen molar-refractivity contribution in [3.05, 3.63) is 88.7 Å². The van der Waals surface area contributed by atoms with Crippen LogP contribution in [-0.2, 0) is 4.79 Å². The molecule has 9 heteroatoms. The fourth-order valence-electron chi connectivity index (χ4n) is 4.24. The lowest BCUT2D eigenvalue weighted by Gasteiger charge is -2.40. The molecule has 1 N–H and O–H groups in total. The van der Waals surface area contributed by atoms with Crippen molar-refractivity contribution in [1.29, 1.82) is 0 Å². The van der Waals surface area contributed by atoms with Gasteiger partial charge < -0.3 is 19.7 Å². The van der Waals surface area contributed by atoms with Crippen LogP contribution in [-0.4, -0.2) is 38.0 Å². The summed E-state index contributed by atoms with van der Waals surface area (Å²) in [6.45, 7) is 0. The molecule has 0 aromatic heterocycles. The van der Waals surface area contributed by atoms with Crippen LogP contribution in [0.2, 0.25) is 0 Å². The summed E-state index contributed by atoms with van der Waals surface area (Å²) in [7, 11) is 4.26. The number of halogens is 3. The van der Waals surface area contributed by atoms with Crippen LogP contribution in [0.15, 0.2) is 54.6 Å². The van der Waals surface area contributed by atoms with Crippen LogP contribution in [0.4, 0.5) is 18.9 Å². The maximum Gasteiger partial charge on any atom is 0.254 e. The van der Waals surface area contributed by atoms with E-state index >= 15 is 0 Å². The summed E-state index contributed by atoms with van der Waals surface area (Å²) in [4.78, 5) is 28.1. The first-order valence-electron chi connectivity index (χ1n) is 10.3. The zero-order valence-corrected chi connectivity index (χ0v) is 18.6. The van der Waals surface area contributed by atoms with E-state index in [9.17, 15) is 22.8 Å². The van der Waals surface area contributed by atoms with Crippen LogP contribution in [0.25, 0.3) is 0 Å². The number of nitrogens with zero attached hydrogens (tertiary/aromatic N) is 1. The van der Waals surface area contributed by atoms with Crippen molar-refractivity contribution >= 4 is 17.5 Å². The Bertz CT molecular complexity index is 1280. The quantitative estimate of drug-likeness (QED) is 0.589. The molecule has 0 saturated carbocycles. The molecule has 1 aliphatic heterocycles. The van der Waals surface area contributed by atoms with Crippen LogP contribution in [0.1, 0.15) is 33.4 Å². The van der Waals surface area contributed by atoms with Gasteiger partial charge in [-0.15, -0.1) is 0 Å². The molecule has 6 nitrogen and oxygen atoms in total. The van der Waals surface area contributed by atoms with Crippen LogP contribution in [0.3, 0.4) is 0 Å². The van der Waals surface area contributed by atoms with Crippen LogP contribution < -0.4 is 14.8 Å². The SMILES string of the molecule is COc1cc2c(cc1OC)[C@@H](C(=O)Nc1ccc(F)cc1F)[C@@H](c1ccccc1F)N(C)C2=O. The number of benzene rings is 3. The molecule has 0 fully saturated rings. The van der Waals surface area contributed by atoms with E-state index in [0.29, 0.717) is 6.07 Å². The number of fused-ring (bicyclic) bond motifs is 1. The molecular weight excluding hydrogens is 449 g/mol. The monoisotopic (exact) mass is 470 g/mol. The van der Waals surface area contributed by atoms with Gasteiger partial charge in [0.2, 0.25) is 5.91 Å². The number of hydrogen-bond donors (Lipinski definition) is 1. The van der Waals surface area contributed by atoms with Crippen molar-refractivity contribution in [2.24, 2.45) is 0 Å². The average Bonchev–Trinajstić information content (AvgIpc) is 2.82. The molecule has 0 radical (unpaired) electrons. The minimum atomic E-state index is -1.15. The van der Waals surface area contributed by atoms with Crippen LogP contribution in [0.5, 0.6) is 11.5 Å². The predicted molar refractivity (Wildman–Crippen MR) is 119 cm³/mol. The second kappa shape index (κ2) is 9.09. The van der Waals surface area contributed by atoms with E-state index in [4.69, 9.17) is 9.47 Å². The molecule has 0 spiro atoms. The zero-order valence-electron chi connectivity index (χ0n) is 18.6. The number of anilines is 1. The molecule has 0 bridgehead atoms. The Morgan fingerprint density at radius 2 is 1.59 bits per heavy atom. The Kier molecular flexibility index (Phi) is 6.19. The maximum absolute atomic E-state index is 14.9. The van der Waals surface area contributed by atoms with E-state index in [1.807, 2.05) is 0 Å². The predicted octanol–water partition coefficient (Wildman–Crippen LogP) is 4.67. The highest BCUT2D eigenvalue weighted by molar-refractivity contribution is 6.05. The average molecular weight is 470 g/mol. The van der Waals surface area contributed by atoms with Gasteiger partial charge in [0.1, 0.15) is 17.5 Å². The molecule has 176 valence electrons. The Morgan fingerprint density at radius 1 is 0.912 bits per heavy atom. The van der Waals surface area contributed by atoms with Crippen molar-refractivity contribution in [3.63, 3.8) is 0 Å². The third-order valence-electron chi connectivity index (χ3n) is 5.87. The van der Waals surface area contributed by atoms with Gasteiger partial charge in [0, 0.05) is 24.2 Å². The molecule has 0 aliphatic carbocycles. The zero-order chi connectivity index (χ0) is 24.6. The Morgan fingerprint density at radius 3 is 2.24 bits per heavy atom. The Balaban J connectivity index is 1.91. The number of hydrogen-bond acceptors (Lipinski definition) is 4. The normalized spacial score (nSPS) is 17.2. The lowest BCUT2D eigenvalue weighted by Crippen LogP contribution is -2.44. The number of carbonyl (C=O) groups is 2. The fraction of sp³-hybridized carbons (Fsp3) is 0.200. The van der Waals surface area contributed by atoms with Crippen molar-refractivity contribution in [2.45, 2.75) is 12.0 Å². The highest BCUT2D eigenvalue weighted by atomic mass is 19.1. The number of rotatable bonds is 5. The van der Waals surface area contributed by atoms with Crippen LogP contribution in [0, 0.1) is 17.5 Å². The molecule has 34 heavy (non-hydrogen) atoms. The molecule has 1 aliphatic rings. The largest absolute Gasteiger partial charge is 0.493 e. The molecule has 2 atom stereocenters. The lowest BCUT2D eigenvalue weighted by molar-refractivity contribution is -0.119.